The Morgan fingerprint density at radius 2 is 2.09 bits per heavy atom. The molecule has 0 spiro atoms. The first-order chi connectivity index (χ1) is 11.0. The average Bonchev–Trinajstić information content (AvgIpc) is 2.79. The van der Waals surface area contributed by atoms with Gasteiger partial charge in [0.05, 0.1) is 4.91 Å². The maximum absolute atomic E-state index is 12.3. The van der Waals surface area contributed by atoms with Crippen molar-refractivity contribution in [2.45, 2.75) is 13.8 Å². The number of carbonyl (C=O) groups excluding carboxylic acids is 1. The second-order valence-electron chi connectivity index (χ2n) is 5.00. The molecule has 0 atom stereocenters. The van der Waals surface area contributed by atoms with Gasteiger partial charge in [0.25, 0.3) is 5.91 Å². The normalized spacial score (nSPS) is 16.3. The first-order valence-corrected chi connectivity index (χ1v) is 8.68. The minimum atomic E-state index is -0.146. The van der Waals surface area contributed by atoms with Gasteiger partial charge in [-0.25, -0.2) is 0 Å². The van der Waals surface area contributed by atoms with Crippen molar-refractivity contribution in [1.29, 1.82) is 0 Å². The third-order valence-electron chi connectivity index (χ3n) is 3.61. The van der Waals surface area contributed by atoms with E-state index in [1.54, 1.807) is 18.2 Å². The number of hydrogen-bond acceptors (Lipinski definition) is 5. The number of thioether (sulfide) groups is 1. The van der Waals surface area contributed by atoms with Gasteiger partial charge in [0.15, 0.2) is 0 Å². The van der Waals surface area contributed by atoms with Crippen LogP contribution in [0.15, 0.2) is 35.8 Å². The SMILES string of the molecule is C=CCN1C(=O)/C(=C/c2ccc(N(CC)CC)cc2O)SC1=S. The van der Waals surface area contributed by atoms with Crippen LogP contribution < -0.4 is 4.90 Å². The molecule has 0 bridgehead atoms. The molecule has 6 heteroatoms. The molecule has 1 aromatic rings. The number of hydrogen-bond donors (Lipinski definition) is 1. The van der Waals surface area contributed by atoms with Crippen molar-refractivity contribution >= 4 is 46.0 Å². The van der Waals surface area contributed by atoms with Gasteiger partial charge in [-0.05, 0) is 32.1 Å². The maximum Gasteiger partial charge on any atom is 0.266 e. The van der Waals surface area contributed by atoms with Crippen LogP contribution in [-0.4, -0.2) is 39.9 Å². The molecule has 1 aromatic carbocycles. The van der Waals surface area contributed by atoms with Gasteiger partial charge in [0, 0.05) is 37.0 Å². The molecule has 0 aromatic heterocycles. The van der Waals surface area contributed by atoms with Gasteiger partial charge in [-0.1, -0.05) is 30.1 Å². The van der Waals surface area contributed by atoms with Crippen molar-refractivity contribution in [3.63, 3.8) is 0 Å². The summed E-state index contributed by atoms with van der Waals surface area (Å²) >= 11 is 6.45. The van der Waals surface area contributed by atoms with Crippen LogP contribution in [0.2, 0.25) is 0 Å². The lowest BCUT2D eigenvalue weighted by Gasteiger charge is -2.21. The number of nitrogens with zero attached hydrogens (tertiary/aromatic N) is 2. The van der Waals surface area contributed by atoms with Crippen LogP contribution in [0, 0.1) is 0 Å². The number of benzene rings is 1. The van der Waals surface area contributed by atoms with Gasteiger partial charge in [0.2, 0.25) is 0 Å². The molecule has 2 rings (SSSR count). The lowest BCUT2D eigenvalue weighted by molar-refractivity contribution is -0.121. The van der Waals surface area contributed by atoms with Crippen molar-refractivity contribution in [3.8, 4) is 5.75 Å². The van der Waals surface area contributed by atoms with E-state index in [2.05, 4.69) is 25.3 Å². The molecule has 1 amide bonds. The summed E-state index contributed by atoms with van der Waals surface area (Å²) in [6, 6.07) is 5.50. The third-order valence-corrected chi connectivity index (χ3v) is 4.99. The largest absolute Gasteiger partial charge is 0.507 e. The molecule has 0 unspecified atom stereocenters. The Morgan fingerprint density at radius 1 is 1.39 bits per heavy atom. The lowest BCUT2D eigenvalue weighted by Crippen LogP contribution is -2.27. The second kappa shape index (κ2) is 7.66. The highest BCUT2D eigenvalue weighted by Gasteiger charge is 2.31. The zero-order valence-electron chi connectivity index (χ0n) is 13.3. The summed E-state index contributed by atoms with van der Waals surface area (Å²) in [6.07, 6.45) is 3.33. The summed E-state index contributed by atoms with van der Waals surface area (Å²) in [5.74, 6) is 0.00973. The smallest absolute Gasteiger partial charge is 0.266 e. The zero-order valence-corrected chi connectivity index (χ0v) is 14.9. The predicted octanol–water partition coefficient (Wildman–Crippen LogP) is 3.63. The molecule has 122 valence electrons. The molecule has 23 heavy (non-hydrogen) atoms. The van der Waals surface area contributed by atoms with E-state index in [1.807, 2.05) is 12.1 Å². The van der Waals surface area contributed by atoms with E-state index >= 15 is 0 Å². The Balaban J connectivity index is 2.28. The molecule has 1 heterocycles. The molecule has 0 aliphatic carbocycles. The molecule has 1 saturated heterocycles. The highest BCUT2D eigenvalue weighted by Crippen LogP contribution is 2.34. The Morgan fingerprint density at radius 3 is 2.65 bits per heavy atom. The van der Waals surface area contributed by atoms with Gasteiger partial charge >= 0.3 is 0 Å². The Hall–Kier alpha value is -1.79. The van der Waals surface area contributed by atoms with Gasteiger partial charge in [-0.3, -0.25) is 9.69 Å². The van der Waals surface area contributed by atoms with Gasteiger partial charge in [0.1, 0.15) is 10.1 Å². The fraction of sp³-hybridized carbons (Fsp3) is 0.294. The number of amides is 1. The zero-order chi connectivity index (χ0) is 17.0. The average molecular weight is 348 g/mol. The highest BCUT2D eigenvalue weighted by atomic mass is 32.2. The minimum Gasteiger partial charge on any atom is -0.507 e. The van der Waals surface area contributed by atoms with Crippen molar-refractivity contribution < 1.29 is 9.90 Å². The minimum absolute atomic E-state index is 0.146. The maximum atomic E-state index is 12.3. The molecule has 1 aliphatic heterocycles. The summed E-state index contributed by atoms with van der Waals surface area (Å²) in [4.78, 5) is 16.5. The molecule has 0 saturated carbocycles. The van der Waals surface area contributed by atoms with Gasteiger partial charge < -0.3 is 10.0 Å². The van der Waals surface area contributed by atoms with E-state index in [9.17, 15) is 9.90 Å². The molecule has 4 nitrogen and oxygen atoms in total. The molecule has 1 N–H and O–H groups in total. The Kier molecular flexibility index (Phi) is 5.85. The molecular formula is C17H20N2O2S2. The summed E-state index contributed by atoms with van der Waals surface area (Å²) < 4.78 is 0.514. The van der Waals surface area contributed by atoms with Crippen LogP contribution in [0.25, 0.3) is 6.08 Å². The molecule has 1 aliphatic rings. The lowest BCUT2D eigenvalue weighted by atomic mass is 10.1. The van der Waals surface area contributed by atoms with E-state index < -0.39 is 0 Å². The van der Waals surface area contributed by atoms with E-state index in [0.717, 1.165) is 18.8 Å². The third kappa shape index (κ3) is 3.76. The number of rotatable bonds is 6. The van der Waals surface area contributed by atoms with Crippen LogP contribution >= 0.6 is 24.0 Å². The van der Waals surface area contributed by atoms with Gasteiger partial charge in [-0.15, -0.1) is 6.58 Å². The monoisotopic (exact) mass is 348 g/mol. The predicted molar refractivity (Wildman–Crippen MR) is 102 cm³/mol. The number of phenols is 1. The number of thiocarbonyl (C=S) groups is 1. The first-order valence-electron chi connectivity index (χ1n) is 7.46. The van der Waals surface area contributed by atoms with Crippen molar-refractivity contribution in [2.24, 2.45) is 0 Å². The Bertz CT molecular complexity index is 667. The standard InChI is InChI=1S/C17H20N2O2S2/c1-4-9-19-16(21)15(23-17(19)22)10-12-7-8-13(11-14(12)20)18(5-2)6-3/h4,7-8,10-11,20H,1,5-6,9H2,2-3H3/b15-10-. The number of phenolic OH excluding ortho intramolecular Hbond substituents is 1. The van der Waals surface area contributed by atoms with E-state index in [-0.39, 0.29) is 11.7 Å². The first kappa shape index (κ1) is 17.6. The quantitative estimate of drug-likeness (QED) is 0.483. The number of anilines is 1. The van der Waals surface area contributed by atoms with E-state index in [0.29, 0.717) is 21.3 Å². The fourth-order valence-corrected chi connectivity index (χ4v) is 3.63. The number of aromatic hydroxyl groups is 1. The summed E-state index contributed by atoms with van der Waals surface area (Å²) in [7, 11) is 0. The van der Waals surface area contributed by atoms with Gasteiger partial charge in [-0.2, -0.15) is 0 Å². The van der Waals surface area contributed by atoms with Crippen molar-refractivity contribution in [3.05, 3.63) is 41.3 Å². The van der Waals surface area contributed by atoms with Crippen LogP contribution in [0.4, 0.5) is 5.69 Å². The van der Waals surface area contributed by atoms with Crippen molar-refractivity contribution in [1.82, 2.24) is 4.90 Å². The highest BCUT2D eigenvalue weighted by molar-refractivity contribution is 8.26. The van der Waals surface area contributed by atoms with Crippen LogP contribution in [0.1, 0.15) is 19.4 Å². The summed E-state index contributed by atoms with van der Waals surface area (Å²) in [5, 5.41) is 10.3. The van der Waals surface area contributed by atoms with E-state index in [1.165, 1.54) is 16.7 Å². The van der Waals surface area contributed by atoms with E-state index in [4.69, 9.17) is 12.2 Å². The van der Waals surface area contributed by atoms with Crippen LogP contribution in [0.3, 0.4) is 0 Å². The molecule has 1 fully saturated rings. The fourth-order valence-electron chi connectivity index (χ4n) is 2.37. The van der Waals surface area contributed by atoms with Crippen LogP contribution in [-0.2, 0) is 4.79 Å². The Labute approximate surface area is 146 Å². The molecule has 0 radical (unpaired) electrons. The van der Waals surface area contributed by atoms with Crippen molar-refractivity contribution in [2.75, 3.05) is 24.5 Å². The summed E-state index contributed by atoms with van der Waals surface area (Å²) in [6.45, 7) is 9.91. The van der Waals surface area contributed by atoms with Crippen LogP contribution in [0.5, 0.6) is 5.75 Å². The topological polar surface area (TPSA) is 43.8 Å². The second-order valence-corrected chi connectivity index (χ2v) is 6.67. The molecular weight excluding hydrogens is 328 g/mol. The summed E-state index contributed by atoms with van der Waals surface area (Å²) in [5.41, 5.74) is 1.57. The number of carbonyl (C=O) groups is 1.